The average molecular weight is 360 g/mol. The van der Waals surface area contributed by atoms with Crippen molar-refractivity contribution in [3.8, 4) is 16.3 Å². The molecule has 0 radical (unpaired) electrons. The maximum absolute atomic E-state index is 12.1. The first-order valence-electron chi connectivity index (χ1n) is 7.45. The number of amides is 1. The molecule has 1 N–H and O–H groups in total. The van der Waals surface area contributed by atoms with Crippen molar-refractivity contribution < 1.29 is 18.3 Å². The van der Waals surface area contributed by atoms with Crippen LogP contribution in [0, 0.1) is 0 Å². The van der Waals surface area contributed by atoms with Crippen LogP contribution in [0.4, 0.5) is 14.5 Å². The number of rotatable bonds is 6. The van der Waals surface area contributed by atoms with Gasteiger partial charge in [-0.2, -0.15) is 8.78 Å². The lowest BCUT2D eigenvalue weighted by Gasteiger charge is -2.07. The number of carbonyl (C=O) groups excluding carboxylic acids is 1. The molecule has 3 rings (SSSR count). The van der Waals surface area contributed by atoms with E-state index in [4.69, 9.17) is 0 Å². The summed E-state index contributed by atoms with van der Waals surface area (Å²) in [5, 5.41) is 5.41. The lowest BCUT2D eigenvalue weighted by molar-refractivity contribution is -0.115. The summed E-state index contributed by atoms with van der Waals surface area (Å²) in [5.41, 5.74) is 2.19. The predicted molar refractivity (Wildman–Crippen MR) is 93.0 cm³/mol. The van der Waals surface area contributed by atoms with E-state index < -0.39 is 6.61 Å². The van der Waals surface area contributed by atoms with Crippen LogP contribution in [0.3, 0.4) is 0 Å². The van der Waals surface area contributed by atoms with Gasteiger partial charge in [-0.3, -0.25) is 4.79 Å². The highest BCUT2D eigenvalue weighted by molar-refractivity contribution is 7.13. The van der Waals surface area contributed by atoms with Crippen molar-refractivity contribution in [3.63, 3.8) is 0 Å². The van der Waals surface area contributed by atoms with Gasteiger partial charge in [-0.25, -0.2) is 4.98 Å². The molecule has 25 heavy (non-hydrogen) atoms. The van der Waals surface area contributed by atoms with Gasteiger partial charge >= 0.3 is 6.61 Å². The summed E-state index contributed by atoms with van der Waals surface area (Å²) in [6, 6.07) is 15.5. The first-order chi connectivity index (χ1) is 12.1. The number of hydrogen-bond acceptors (Lipinski definition) is 4. The number of halogens is 2. The Morgan fingerprint density at radius 2 is 1.84 bits per heavy atom. The molecule has 1 amide bonds. The molecule has 1 aromatic heterocycles. The van der Waals surface area contributed by atoms with Crippen molar-refractivity contribution in [1.82, 2.24) is 4.98 Å². The van der Waals surface area contributed by atoms with Crippen molar-refractivity contribution in [2.45, 2.75) is 13.0 Å². The lowest BCUT2D eigenvalue weighted by Crippen LogP contribution is -2.14. The second-order valence-corrected chi connectivity index (χ2v) is 6.00. The number of carbonyl (C=O) groups is 1. The molecule has 0 saturated carbocycles. The van der Waals surface area contributed by atoms with Gasteiger partial charge < -0.3 is 10.1 Å². The molecule has 1 heterocycles. The third-order valence-corrected chi connectivity index (χ3v) is 4.22. The molecular weight excluding hydrogens is 346 g/mol. The molecule has 0 bridgehead atoms. The van der Waals surface area contributed by atoms with Crippen molar-refractivity contribution in [3.05, 3.63) is 65.7 Å². The van der Waals surface area contributed by atoms with Crippen molar-refractivity contribution >= 4 is 22.9 Å². The molecule has 2 aromatic carbocycles. The normalized spacial score (nSPS) is 10.7. The van der Waals surface area contributed by atoms with Crippen LogP contribution in [0.5, 0.6) is 5.75 Å². The second kappa shape index (κ2) is 7.85. The molecule has 0 fully saturated rings. The fraction of sp³-hybridized carbons (Fsp3) is 0.111. The van der Waals surface area contributed by atoms with E-state index in [0.29, 0.717) is 11.4 Å². The zero-order valence-corrected chi connectivity index (χ0v) is 13.8. The Hall–Kier alpha value is -2.80. The topological polar surface area (TPSA) is 51.2 Å². The molecule has 0 aliphatic heterocycles. The smallest absolute Gasteiger partial charge is 0.387 e. The average Bonchev–Trinajstić information content (AvgIpc) is 3.05. The van der Waals surface area contributed by atoms with E-state index in [2.05, 4.69) is 15.0 Å². The number of benzene rings is 2. The van der Waals surface area contributed by atoms with Crippen LogP contribution in [-0.4, -0.2) is 17.5 Å². The van der Waals surface area contributed by atoms with Gasteiger partial charge in [0.2, 0.25) is 5.91 Å². The number of alkyl halides is 2. The fourth-order valence-corrected chi connectivity index (χ4v) is 3.02. The molecule has 3 aromatic rings. The lowest BCUT2D eigenvalue weighted by atomic mass is 10.2. The third-order valence-electron chi connectivity index (χ3n) is 3.28. The van der Waals surface area contributed by atoms with Gasteiger partial charge in [-0.05, 0) is 24.3 Å². The molecule has 0 atom stereocenters. The Labute approximate surface area is 147 Å². The van der Waals surface area contributed by atoms with E-state index in [1.54, 1.807) is 0 Å². The number of hydrogen-bond donors (Lipinski definition) is 1. The summed E-state index contributed by atoms with van der Waals surface area (Å²) in [5.74, 6) is -0.188. The third kappa shape index (κ3) is 4.84. The highest BCUT2D eigenvalue weighted by atomic mass is 32.1. The summed E-state index contributed by atoms with van der Waals surface area (Å²) >= 11 is 1.48. The molecule has 0 saturated heterocycles. The molecule has 128 valence electrons. The molecule has 0 aliphatic rings. The summed E-state index contributed by atoms with van der Waals surface area (Å²) < 4.78 is 28.5. The van der Waals surface area contributed by atoms with Gasteiger partial charge in [0, 0.05) is 16.6 Å². The van der Waals surface area contributed by atoms with Crippen molar-refractivity contribution in [2.75, 3.05) is 5.32 Å². The van der Waals surface area contributed by atoms with E-state index in [9.17, 15) is 13.6 Å². The van der Waals surface area contributed by atoms with Crippen molar-refractivity contribution in [1.29, 1.82) is 0 Å². The first kappa shape index (κ1) is 17.0. The number of thiazole rings is 1. The number of aromatic nitrogens is 1. The highest BCUT2D eigenvalue weighted by Crippen LogP contribution is 2.24. The van der Waals surface area contributed by atoms with Gasteiger partial charge in [0.05, 0.1) is 12.1 Å². The highest BCUT2D eigenvalue weighted by Gasteiger charge is 2.10. The molecule has 0 unspecified atom stereocenters. The Morgan fingerprint density at radius 1 is 1.12 bits per heavy atom. The zero-order chi connectivity index (χ0) is 17.6. The number of nitrogens with one attached hydrogen (secondary N) is 1. The van der Waals surface area contributed by atoms with Crippen LogP contribution in [0.1, 0.15) is 5.69 Å². The zero-order valence-electron chi connectivity index (χ0n) is 13.0. The van der Waals surface area contributed by atoms with E-state index >= 15 is 0 Å². The number of ether oxygens (including phenoxy) is 1. The Kier molecular flexibility index (Phi) is 5.35. The van der Waals surface area contributed by atoms with Gasteiger partial charge in [0.1, 0.15) is 10.8 Å². The summed E-state index contributed by atoms with van der Waals surface area (Å²) in [4.78, 5) is 16.6. The van der Waals surface area contributed by atoms with Crippen LogP contribution in [0.15, 0.2) is 60.0 Å². The van der Waals surface area contributed by atoms with E-state index in [-0.39, 0.29) is 18.1 Å². The molecular formula is C18H14F2N2O2S. The van der Waals surface area contributed by atoms with Gasteiger partial charge in [-0.15, -0.1) is 11.3 Å². The van der Waals surface area contributed by atoms with Crippen LogP contribution in [-0.2, 0) is 11.2 Å². The first-order valence-corrected chi connectivity index (χ1v) is 8.32. The summed E-state index contributed by atoms with van der Waals surface area (Å²) in [6.45, 7) is -2.87. The molecule has 0 aliphatic carbocycles. The maximum Gasteiger partial charge on any atom is 0.387 e. The minimum absolute atomic E-state index is 0.0417. The minimum Gasteiger partial charge on any atom is -0.435 e. The Morgan fingerprint density at radius 3 is 2.52 bits per heavy atom. The monoisotopic (exact) mass is 360 g/mol. The van der Waals surface area contributed by atoms with Crippen LogP contribution >= 0.6 is 11.3 Å². The second-order valence-electron chi connectivity index (χ2n) is 5.14. The Bertz CT molecular complexity index is 836. The molecule has 4 nitrogen and oxygen atoms in total. The molecule has 7 heteroatoms. The summed E-state index contributed by atoms with van der Waals surface area (Å²) in [7, 11) is 0. The van der Waals surface area contributed by atoms with Gasteiger partial charge in [-0.1, -0.05) is 30.3 Å². The van der Waals surface area contributed by atoms with Crippen molar-refractivity contribution in [2.24, 2.45) is 0 Å². The van der Waals surface area contributed by atoms with Crippen LogP contribution in [0.25, 0.3) is 10.6 Å². The maximum atomic E-state index is 12.1. The summed E-state index contributed by atoms with van der Waals surface area (Å²) in [6.07, 6.45) is 0.138. The fourth-order valence-electron chi connectivity index (χ4n) is 2.19. The number of anilines is 1. The van der Waals surface area contributed by atoms with E-state index in [1.165, 1.54) is 35.6 Å². The van der Waals surface area contributed by atoms with Crippen LogP contribution < -0.4 is 10.1 Å². The van der Waals surface area contributed by atoms with E-state index in [1.807, 2.05) is 35.7 Å². The largest absolute Gasteiger partial charge is 0.435 e. The van der Waals surface area contributed by atoms with E-state index in [0.717, 1.165) is 10.6 Å². The Balaban J connectivity index is 1.58. The number of nitrogens with zero attached hydrogens (tertiary/aromatic N) is 1. The van der Waals surface area contributed by atoms with Gasteiger partial charge in [0.15, 0.2) is 0 Å². The predicted octanol–water partition coefficient (Wildman–Crippen LogP) is 4.59. The van der Waals surface area contributed by atoms with Crippen LogP contribution in [0.2, 0.25) is 0 Å². The quantitative estimate of drug-likeness (QED) is 0.699. The molecule has 0 spiro atoms. The van der Waals surface area contributed by atoms with Gasteiger partial charge in [0.25, 0.3) is 0 Å². The minimum atomic E-state index is -2.87. The SMILES string of the molecule is O=C(Cc1csc(-c2ccccc2)n1)Nc1ccc(OC(F)F)cc1. The standard InChI is InChI=1S/C18H14F2N2O2S/c19-18(20)24-15-8-6-13(7-9-15)21-16(23)10-14-11-25-17(22-14)12-4-2-1-3-5-12/h1-9,11,18H,10H2,(H,21,23).